The third-order valence-electron chi connectivity index (χ3n) is 4.17. The first-order valence-electron chi connectivity index (χ1n) is 7.98. The van der Waals surface area contributed by atoms with Crippen molar-refractivity contribution in [2.75, 3.05) is 11.4 Å². The van der Waals surface area contributed by atoms with Gasteiger partial charge in [0.2, 0.25) is 0 Å². The molecule has 120 valence electrons. The minimum atomic E-state index is -0.847. The molecule has 3 rings (SSSR count). The molecule has 1 fully saturated rings. The summed E-state index contributed by atoms with van der Waals surface area (Å²) in [6, 6.07) is 16.5. The number of benzene rings is 2. The van der Waals surface area contributed by atoms with Crippen LogP contribution in [0.1, 0.15) is 24.5 Å². The van der Waals surface area contributed by atoms with Gasteiger partial charge in [0.25, 0.3) is 5.91 Å². The molecule has 1 N–H and O–H groups in total. The lowest BCUT2D eigenvalue weighted by Gasteiger charge is -2.21. The molecule has 0 aromatic heterocycles. The first kappa shape index (κ1) is 16.1. The van der Waals surface area contributed by atoms with Crippen molar-refractivity contribution < 1.29 is 9.90 Å². The number of rotatable bonds is 5. The van der Waals surface area contributed by atoms with E-state index in [0.29, 0.717) is 13.0 Å². The van der Waals surface area contributed by atoms with Crippen LogP contribution in [0.3, 0.4) is 0 Å². The Balaban J connectivity index is 1.84. The highest BCUT2D eigenvalue weighted by Gasteiger charge is 2.32. The van der Waals surface area contributed by atoms with Crippen molar-refractivity contribution in [2.45, 2.75) is 36.5 Å². The summed E-state index contributed by atoms with van der Waals surface area (Å²) in [6.45, 7) is 2.71. The summed E-state index contributed by atoms with van der Waals surface area (Å²) in [4.78, 5) is 15.1. The first-order valence-corrected chi connectivity index (χ1v) is 8.97. The van der Waals surface area contributed by atoms with Crippen LogP contribution in [0.5, 0.6) is 0 Å². The number of aliphatic hydroxyl groups is 1. The molecular formula is C19H21NO2S. The third kappa shape index (κ3) is 3.43. The normalized spacial score (nSPS) is 17.7. The topological polar surface area (TPSA) is 40.5 Å². The maximum Gasteiger partial charge on any atom is 0.255 e. The number of aliphatic hydroxyl groups excluding tert-OH is 1. The van der Waals surface area contributed by atoms with Crippen LogP contribution in [0.15, 0.2) is 53.4 Å². The molecule has 0 saturated carbocycles. The fourth-order valence-electron chi connectivity index (χ4n) is 2.94. The predicted molar refractivity (Wildman–Crippen MR) is 94.8 cm³/mol. The number of hydrogen-bond donors (Lipinski definition) is 1. The van der Waals surface area contributed by atoms with E-state index in [2.05, 4.69) is 37.3 Å². The summed E-state index contributed by atoms with van der Waals surface area (Å²) in [5, 5.41) is 9.72. The van der Waals surface area contributed by atoms with E-state index in [4.69, 9.17) is 0 Å². The maximum absolute atomic E-state index is 12.1. The van der Waals surface area contributed by atoms with Crippen molar-refractivity contribution >= 4 is 23.4 Å². The molecule has 2 aromatic carbocycles. The largest absolute Gasteiger partial charge is 0.383 e. The van der Waals surface area contributed by atoms with Gasteiger partial charge in [0, 0.05) is 29.3 Å². The van der Waals surface area contributed by atoms with Crippen molar-refractivity contribution in [1.29, 1.82) is 0 Å². The van der Waals surface area contributed by atoms with Crippen molar-refractivity contribution in [2.24, 2.45) is 0 Å². The van der Waals surface area contributed by atoms with Crippen LogP contribution < -0.4 is 4.90 Å². The van der Waals surface area contributed by atoms with Gasteiger partial charge in [-0.2, -0.15) is 0 Å². The molecule has 1 saturated heterocycles. The zero-order valence-corrected chi connectivity index (χ0v) is 14.1. The van der Waals surface area contributed by atoms with Gasteiger partial charge in [-0.25, -0.2) is 0 Å². The number of nitrogens with zero attached hydrogens (tertiary/aromatic N) is 1. The molecule has 3 nitrogen and oxygen atoms in total. The van der Waals surface area contributed by atoms with E-state index in [1.807, 2.05) is 18.2 Å². The molecule has 0 bridgehead atoms. The summed E-state index contributed by atoms with van der Waals surface area (Å²) in [5.41, 5.74) is 3.43. The van der Waals surface area contributed by atoms with E-state index in [9.17, 15) is 9.90 Å². The van der Waals surface area contributed by atoms with Gasteiger partial charge in [0.15, 0.2) is 0 Å². The van der Waals surface area contributed by atoms with Crippen LogP contribution >= 0.6 is 11.8 Å². The lowest BCUT2D eigenvalue weighted by Crippen LogP contribution is -2.30. The number of amides is 1. The van der Waals surface area contributed by atoms with Crippen molar-refractivity contribution in [3.8, 4) is 0 Å². The molecule has 4 heteroatoms. The van der Waals surface area contributed by atoms with Gasteiger partial charge in [-0.3, -0.25) is 4.79 Å². The summed E-state index contributed by atoms with van der Waals surface area (Å²) in [7, 11) is 0. The number of carbonyl (C=O) groups excluding carboxylic acids is 1. The van der Waals surface area contributed by atoms with Gasteiger partial charge in [-0.1, -0.05) is 43.3 Å². The summed E-state index contributed by atoms with van der Waals surface area (Å²) in [5.74, 6) is 0.735. The Morgan fingerprint density at radius 3 is 2.61 bits per heavy atom. The lowest BCUT2D eigenvalue weighted by atomic mass is 10.1. The molecule has 0 spiro atoms. The van der Waals surface area contributed by atoms with Gasteiger partial charge >= 0.3 is 0 Å². The fourth-order valence-corrected chi connectivity index (χ4v) is 4.05. The smallest absolute Gasteiger partial charge is 0.255 e. The van der Waals surface area contributed by atoms with E-state index in [1.165, 1.54) is 16.0 Å². The number of anilines is 1. The van der Waals surface area contributed by atoms with E-state index in [-0.39, 0.29) is 5.91 Å². The molecule has 0 unspecified atom stereocenters. The average molecular weight is 327 g/mol. The number of carbonyl (C=O) groups is 1. The first-order chi connectivity index (χ1) is 11.2. The number of hydrogen-bond acceptors (Lipinski definition) is 3. The van der Waals surface area contributed by atoms with E-state index >= 15 is 0 Å². The van der Waals surface area contributed by atoms with E-state index < -0.39 is 6.10 Å². The second-order valence-electron chi connectivity index (χ2n) is 5.68. The molecule has 1 aliphatic heterocycles. The lowest BCUT2D eigenvalue weighted by molar-refractivity contribution is -0.124. The molecule has 1 aliphatic rings. The Hall–Kier alpha value is -1.78. The fraction of sp³-hybridized carbons (Fsp3) is 0.316. The second-order valence-corrected chi connectivity index (χ2v) is 6.69. The van der Waals surface area contributed by atoms with Crippen LogP contribution in [0.2, 0.25) is 0 Å². The Kier molecular flexibility index (Phi) is 5.03. The molecule has 1 heterocycles. The molecule has 1 atom stereocenters. The Bertz CT molecular complexity index is 687. The highest BCUT2D eigenvalue weighted by Crippen LogP contribution is 2.34. The van der Waals surface area contributed by atoms with Gasteiger partial charge in [-0.15, -0.1) is 11.8 Å². The SMILES string of the molecule is CCc1c(SCc2ccccc2)cccc1N1CC[C@@H](O)C1=O. The second kappa shape index (κ2) is 7.20. The van der Waals surface area contributed by atoms with E-state index in [1.54, 1.807) is 16.7 Å². The van der Waals surface area contributed by atoms with Crippen LogP contribution in [-0.2, 0) is 17.0 Å². The van der Waals surface area contributed by atoms with E-state index in [0.717, 1.165) is 17.9 Å². The monoisotopic (exact) mass is 327 g/mol. The molecule has 2 aromatic rings. The van der Waals surface area contributed by atoms with Gasteiger partial charge in [0.05, 0.1) is 0 Å². The number of thioether (sulfide) groups is 1. The zero-order valence-electron chi connectivity index (χ0n) is 13.2. The summed E-state index contributed by atoms with van der Waals surface area (Å²) >= 11 is 1.80. The van der Waals surface area contributed by atoms with Crippen molar-refractivity contribution in [3.63, 3.8) is 0 Å². The third-order valence-corrected chi connectivity index (χ3v) is 5.34. The molecule has 23 heavy (non-hydrogen) atoms. The predicted octanol–water partition coefficient (Wildman–Crippen LogP) is 3.64. The van der Waals surface area contributed by atoms with Crippen LogP contribution in [0, 0.1) is 0 Å². The maximum atomic E-state index is 12.1. The molecule has 1 amide bonds. The van der Waals surface area contributed by atoms with Crippen LogP contribution in [0.4, 0.5) is 5.69 Å². The Morgan fingerprint density at radius 1 is 1.17 bits per heavy atom. The summed E-state index contributed by atoms with van der Waals surface area (Å²) < 4.78 is 0. The van der Waals surface area contributed by atoms with Gasteiger partial charge in [0.1, 0.15) is 6.10 Å². The summed E-state index contributed by atoms with van der Waals surface area (Å²) in [6.07, 6.45) is 0.539. The highest BCUT2D eigenvalue weighted by atomic mass is 32.2. The standard InChI is InChI=1S/C19H21NO2S/c1-2-15-16(20-12-11-17(21)19(20)22)9-6-10-18(15)23-13-14-7-4-3-5-8-14/h3-10,17,21H,2,11-13H2,1H3/t17-/m1/s1. The van der Waals surface area contributed by atoms with Crippen LogP contribution in [0.25, 0.3) is 0 Å². The van der Waals surface area contributed by atoms with Gasteiger partial charge < -0.3 is 10.0 Å². The Labute approximate surface area is 141 Å². The van der Waals surface area contributed by atoms with Crippen LogP contribution in [-0.4, -0.2) is 23.7 Å². The zero-order chi connectivity index (χ0) is 16.2. The molecule has 0 radical (unpaired) electrons. The minimum absolute atomic E-state index is 0.176. The highest BCUT2D eigenvalue weighted by molar-refractivity contribution is 7.98. The molecule has 0 aliphatic carbocycles. The molecular weight excluding hydrogens is 306 g/mol. The van der Waals surface area contributed by atoms with Gasteiger partial charge in [-0.05, 0) is 29.7 Å². The van der Waals surface area contributed by atoms with Crippen molar-refractivity contribution in [1.82, 2.24) is 0 Å². The quantitative estimate of drug-likeness (QED) is 0.853. The Morgan fingerprint density at radius 2 is 1.96 bits per heavy atom. The van der Waals surface area contributed by atoms with Crippen molar-refractivity contribution in [3.05, 3.63) is 59.7 Å². The minimum Gasteiger partial charge on any atom is -0.383 e. The average Bonchev–Trinajstić information content (AvgIpc) is 2.92.